The first kappa shape index (κ1) is 26.8. The molecular formula is C26H27N4O8P. The molecule has 2 fully saturated rings. The molecule has 1 saturated heterocycles. The summed E-state index contributed by atoms with van der Waals surface area (Å²) in [6.07, 6.45) is 0.501. The minimum atomic E-state index is -2.74. The first-order valence-electron chi connectivity index (χ1n) is 12.3. The van der Waals surface area contributed by atoms with E-state index in [1.807, 2.05) is 6.07 Å². The van der Waals surface area contributed by atoms with E-state index < -0.39 is 49.7 Å². The number of hydrogen-bond donors (Lipinski definition) is 3. The molecule has 2 heterocycles. The van der Waals surface area contributed by atoms with Crippen LogP contribution in [0.1, 0.15) is 24.6 Å². The van der Waals surface area contributed by atoms with E-state index in [0.717, 1.165) is 5.56 Å². The van der Waals surface area contributed by atoms with Crippen LogP contribution in [0.2, 0.25) is 0 Å². The summed E-state index contributed by atoms with van der Waals surface area (Å²) in [4.78, 5) is 40.5. The van der Waals surface area contributed by atoms with E-state index in [1.54, 1.807) is 42.5 Å². The highest BCUT2D eigenvalue weighted by molar-refractivity contribution is 7.34. The van der Waals surface area contributed by atoms with Gasteiger partial charge in [-0.25, -0.2) is 9.59 Å². The second-order valence-electron chi connectivity index (χ2n) is 9.49. The third kappa shape index (κ3) is 5.79. The van der Waals surface area contributed by atoms with Gasteiger partial charge in [-0.05, 0) is 36.6 Å². The van der Waals surface area contributed by atoms with Crippen LogP contribution >= 0.6 is 8.17 Å². The Balaban J connectivity index is 1.27. The molecule has 2 unspecified atom stereocenters. The van der Waals surface area contributed by atoms with Gasteiger partial charge in [0, 0.05) is 18.0 Å². The maximum absolute atomic E-state index is 12.7. The van der Waals surface area contributed by atoms with Gasteiger partial charge in [0.05, 0.1) is 6.10 Å². The normalized spacial score (nSPS) is 22.4. The number of nitrogens with zero attached hydrogens (tertiary/aromatic N) is 3. The summed E-state index contributed by atoms with van der Waals surface area (Å²) in [5, 5.41) is 20.6. The third-order valence-corrected chi connectivity index (χ3v) is 7.71. The van der Waals surface area contributed by atoms with Crippen LogP contribution in [0, 0.1) is 5.41 Å². The lowest BCUT2D eigenvalue weighted by Crippen LogP contribution is -2.34. The highest BCUT2D eigenvalue weighted by Crippen LogP contribution is 2.62. The number of carbonyl (C=O) groups is 1. The van der Waals surface area contributed by atoms with Gasteiger partial charge in [-0.1, -0.05) is 47.2 Å². The Morgan fingerprint density at radius 1 is 1.21 bits per heavy atom. The number of carboxylic acids is 1. The third-order valence-electron chi connectivity index (χ3n) is 6.89. The number of rotatable bonds is 10. The van der Waals surface area contributed by atoms with Gasteiger partial charge in [0.2, 0.25) is 5.75 Å². The number of carboxylic acid groups (broad SMARTS) is 1. The van der Waals surface area contributed by atoms with Gasteiger partial charge in [-0.15, -0.1) is 0 Å². The number of nitrogen functional groups attached to an aromatic ring is 1. The first-order valence-corrected chi connectivity index (χ1v) is 13.4. The van der Waals surface area contributed by atoms with E-state index in [9.17, 15) is 24.7 Å². The number of ether oxygens (including phenoxy) is 2. The molecule has 0 bridgehead atoms. The number of aromatic nitrogens is 2. The van der Waals surface area contributed by atoms with Gasteiger partial charge >= 0.3 is 19.8 Å². The summed E-state index contributed by atoms with van der Waals surface area (Å²) in [6.45, 7) is -0.0867. The summed E-state index contributed by atoms with van der Waals surface area (Å²) in [5.41, 5.74) is 5.14. The molecule has 2 aromatic carbocycles. The fourth-order valence-corrected chi connectivity index (χ4v) is 5.48. The Bertz CT molecular complexity index is 1430. The van der Waals surface area contributed by atoms with Crippen LogP contribution in [0.25, 0.3) is 0 Å². The zero-order chi connectivity index (χ0) is 27.6. The molecule has 1 saturated carbocycles. The number of aliphatic hydroxyl groups excluding tert-OH is 1. The first-order chi connectivity index (χ1) is 18.8. The zero-order valence-electron chi connectivity index (χ0n) is 20.7. The number of aliphatic carboxylic acids is 1. The molecule has 1 aliphatic carbocycles. The number of anilines is 1. The molecule has 13 heteroatoms. The van der Waals surface area contributed by atoms with Gasteiger partial charge in [0.25, 0.3) is 0 Å². The van der Waals surface area contributed by atoms with E-state index in [-0.39, 0.29) is 30.3 Å². The van der Waals surface area contributed by atoms with Gasteiger partial charge < -0.3 is 30.3 Å². The summed E-state index contributed by atoms with van der Waals surface area (Å²) in [7, 11) is -2.74. The monoisotopic (exact) mass is 554 g/mol. The summed E-state index contributed by atoms with van der Waals surface area (Å²) in [6, 6.07) is 15.5. The Morgan fingerprint density at radius 2 is 1.90 bits per heavy atom. The Morgan fingerprint density at radius 3 is 2.56 bits per heavy atom. The summed E-state index contributed by atoms with van der Waals surface area (Å²) < 4.78 is 22.6. The molecule has 3 aromatic rings. The van der Waals surface area contributed by atoms with Crippen LogP contribution in [-0.4, -0.2) is 50.6 Å². The molecule has 5 atom stereocenters. The Labute approximate surface area is 224 Å². The molecule has 1 aliphatic heterocycles. The smallest absolute Gasteiger partial charge is 0.395 e. The molecule has 1 spiro atoms. The van der Waals surface area contributed by atoms with E-state index in [1.165, 1.54) is 22.9 Å². The number of para-hydroxylation sites is 2. The lowest BCUT2D eigenvalue weighted by Gasteiger charge is -2.20. The van der Waals surface area contributed by atoms with Crippen molar-refractivity contribution in [2.75, 3.05) is 12.3 Å². The van der Waals surface area contributed by atoms with Crippen molar-refractivity contribution in [3.05, 3.63) is 82.9 Å². The lowest BCUT2D eigenvalue weighted by molar-refractivity contribution is -0.169. The molecule has 2 aliphatic rings. The minimum absolute atomic E-state index is 0.0607. The van der Waals surface area contributed by atoms with Crippen LogP contribution in [0.4, 0.5) is 5.82 Å². The highest BCUT2D eigenvalue weighted by Gasteiger charge is 2.64. The predicted molar refractivity (Wildman–Crippen MR) is 138 cm³/mol. The number of aliphatic hydroxyl groups is 1. The van der Waals surface area contributed by atoms with Crippen LogP contribution in [0.3, 0.4) is 0 Å². The molecule has 12 nitrogen and oxygen atoms in total. The van der Waals surface area contributed by atoms with Crippen molar-refractivity contribution in [1.29, 1.82) is 0 Å². The van der Waals surface area contributed by atoms with Gasteiger partial charge in [0.15, 0.2) is 11.8 Å². The van der Waals surface area contributed by atoms with Crippen LogP contribution < -0.4 is 25.6 Å². The van der Waals surface area contributed by atoms with E-state index >= 15 is 0 Å². The Hall–Kier alpha value is -3.83. The molecule has 5 rings (SSSR count). The van der Waals surface area contributed by atoms with Crippen molar-refractivity contribution in [2.45, 2.75) is 43.7 Å². The fourth-order valence-electron chi connectivity index (χ4n) is 4.71. The molecule has 0 amide bonds. The molecule has 204 valence electrons. The molecular weight excluding hydrogens is 527 g/mol. The fraction of sp³-hybridized carbons (Fsp3) is 0.346. The SMILES string of the molecule is Nc1ccn([C@@H]2O[C@H](COc3ccccc3O[P+]([O-])=NC(Cc3ccccc3)C(=O)O)[C@@H](O)C23CC3)c(=O)n1. The van der Waals surface area contributed by atoms with Gasteiger partial charge in [0.1, 0.15) is 24.8 Å². The highest BCUT2D eigenvalue weighted by atomic mass is 31.1. The standard InChI is InChI=1S/C26H27N4O8P/c27-21-10-13-30(25(34)28-21)24-26(11-12-26)22(31)20(37-24)15-36-18-8-4-5-9-19(18)38-39(35)29-17(23(32)33)14-16-6-2-1-3-7-16/h1-10,13,17,20,22,24,31H,11-12,14-15H2,(H,32,33)(H2,27,28,34)/t17?,20-,22-,24-/m1/s1. The van der Waals surface area contributed by atoms with Crippen LogP contribution in [-0.2, 0) is 16.0 Å². The summed E-state index contributed by atoms with van der Waals surface area (Å²) >= 11 is 0. The van der Waals surface area contributed by atoms with Crippen molar-refractivity contribution < 1.29 is 33.9 Å². The van der Waals surface area contributed by atoms with Crippen molar-refractivity contribution in [3.8, 4) is 11.5 Å². The van der Waals surface area contributed by atoms with Crippen molar-refractivity contribution in [2.24, 2.45) is 10.2 Å². The van der Waals surface area contributed by atoms with E-state index in [0.29, 0.717) is 12.8 Å². The quantitative estimate of drug-likeness (QED) is 0.313. The average Bonchev–Trinajstić information content (AvgIpc) is 3.67. The van der Waals surface area contributed by atoms with E-state index in [2.05, 4.69) is 9.73 Å². The van der Waals surface area contributed by atoms with E-state index in [4.69, 9.17) is 19.7 Å². The Kier molecular flexibility index (Phi) is 7.62. The molecule has 39 heavy (non-hydrogen) atoms. The van der Waals surface area contributed by atoms with Crippen molar-refractivity contribution in [3.63, 3.8) is 0 Å². The maximum atomic E-state index is 12.7. The van der Waals surface area contributed by atoms with Gasteiger partial charge in [-0.2, -0.15) is 4.98 Å². The maximum Gasteiger partial charge on any atom is 0.395 e. The number of benzene rings is 2. The van der Waals surface area contributed by atoms with Crippen molar-refractivity contribution in [1.82, 2.24) is 9.55 Å². The second-order valence-corrected chi connectivity index (χ2v) is 10.4. The van der Waals surface area contributed by atoms with Gasteiger partial charge in [-0.3, -0.25) is 9.09 Å². The molecule has 0 radical (unpaired) electrons. The zero-order valence-corrected chi connectivity index (χ0v) is 21.6. The minimum Gasteiger partial charge on any atom is -0.575 e. The largest absolute Gasteiger partial charge is 0.575 e. The second kappa shape index (κ2) is 11.1. The van der Waals surface area contributed by atoms with Crippen molar-refractivity contribution >= 4 is 20.0 Å². The van der Waals surface area contributed by atoms with Crippen LogP contribution in [0.15, 0.2) is 76.4 Å². The molecule has 1 aromatic heterocycles. The summed E-state index contributed by atoms with van der Waals surface area (Å²) in [5.74, 6) is -0.825. The number of hydrogen-bond acceptors (Lipinski definition) is 10. The average molecular weight is 554 g/mol. The molecule has 4 N–H and O–H groups in total. The van der Waals surface area contributed by atoms with Crippen LogP contribution in [0.5, 0.6) is 11.5 Å². The topological polar surface area (TPSA) is 182 Å². The predicted octanol–water partition coefficient (Wildman–Crippen LogP) is 1.87. The number of nitrogens with two attached hydrogens (primary N) is 1. The lowest BCUT2D eigenvalue weighted by atomic mass is 9.96.